The highest BCUT2D eigenvalue weighted by atomic mass is 19.4. The molecular weight excluding hydrogens is 387 g/mol. The second-order valence-corrected chi connectivity index (χ2v) is 7.22. The van der Waals surface area contributed by atoms with Crippen LogP contribution >= 0.6 is 0 Å². The van der Waals surface area contributed by atoms with E-state index in [0.717, 1.165) is 19.3 Å². The number of nitrogens with zero attached hydrogens (tertiary/aromatic N) is 4. The molecule has 1 atom stereocenters. The highest BCUT2D eigenvalue weighted by Gasteiger charge is 2.44. The summed E-state index contributed by atoms with van der Waals surface area (Å²) >= 11 is 0. The molecule has 0 aromatic carbocycles. The van der Waals surface area contributed by atoms with Crippen LogP contribution in [0.2, 0.25) is 0 Å². The van der Waals surface area contributed by atoms with E-state index in [9.17, 15) is 18.0 Å². The van der Waals surface area contributed by atoms with Crippen molar-refractivity contribution in [3.05, 3.63) is 54.1 Å². The lowest BCUT2D eigenvalue weighted by Gasteiger charge is -2.32. The lowest BCUT2D eigenvalue weighted by atomic mass is 9.82. The number of nitrogens with one attached hydrogen (secondary N) is 1. The van der Waals surface area contributed by atoms with Gasteiger partial charge in [-0.2, -0.15) is 18.2 Å². The lowest BCUT2D eigenvalue weighted by Crippen LogP contribution is -2.48. The van der Waals surface area contributed by atoms with E-state index in [1.165, 1.54) is 12.3 Å². The molecule has 1 fully saturated rings. The van der Waals surface area contributed by atoms with Gasteiger partial charge in [0.2, 0.25) is 11.7 Å². The molecule has 1 saturated carbocycles. The molecule has 0 bridgehead atoms. The number of aromatic nitrogens is 3. The van der Waals surface area contributed by atoms with E-state index < -0.39 is 17.6 Å². The Hall–Kier alpha value is -3.04. The SMILES string of the molecule is O=C(CC1CCC1)NC1(c2noc(C(F)(F)F)n2)C=CN=C(c2ccccn2)C1. The third-order valence-electron chi connectivity index (χ3n) is 5.13. The Kier molecular flexibility index (Phi) is 4.93. The van der Waals surface area contributed by atoms with E-state index in [2.05, 4.69) is 30.0 Å². The molecule has 0 spiro atoms. The van der Waals surface area contributed by atoms with E-state index in [-0.39, 0.29) is 18.2 Å². The fourth-order valence-corrected chi connectivity index (χ4v) is 3.39. The van der Waals surface area contributed by atoms with Crippen molar-refractivity contribution >= 4 is 11.6 Å². The number of rotatable bonds is 5. The van der Waals surface area contributed by atoms with Crippen LogP contribution in [0.4, 0.5) is 13.2 Å². The van der Waals surface area contributed by atoms with Gasteiger partial charge in [-0.1, -0.05) is 17.6 Å². The first-order chi connectivity index (χ1) is 13.9. The first kappa shape index (κ1) is 19.3. The molecule has 2 aliphatic rings. The fourth-order valence-electron chi connectivity index (χ4n) is 3.39. The molecule has 152 valence electrons. The summed E-state index contributed by atoms with van der Waals surface area (Å²) < 4.78 is 43.4. The number of halogens is 3. The van der Waals surface area contributed by atoms with Gasteiger partial charge in [-0.15, -0.1) is 0 Å². The minimum atomic E-state index is -4.78. The summed E-state index contributed by atoms with van der Waals surface area (Å²) in [6.07, 6.45) is 3.09. The van der Waals surface area contributed by atoms with Crippen molar-refractivity contribution in [2.75, 3.05) is 0 Å². The normalized spacial score (nSPS) is 22.1. The van der Waals surface area contributed by atoms with E-state index in [0.29, 0.717) is 23.7 Å². The Bertz CT molecular complexity index is 950. The Labute approximate surface area is 164 Å². The van der Waals surface area contributed by atoms with Crippen LogP contribution in [0.15, 0.2) is 46.2 Å². The van der Waals surface area contributed by atoms with Crippen LogP contribution < -0.4 is 5.32 Å². The predicted molar refractivity (Wildman–Crippen MR) is 95.6 cm³/mol. The van der Waals surface area contributed by atoms with Gasteiger partial charge in [0.05, 0.1) is 11.4 Å². The molecule has 1 amide bonds. The average Bonchev–Trinajstić information content (AvgIpc) is 3.17. The quantitative estimate of drug-likeness (QED) is 0.823. The second-order valence-electron chi connectivity index (χ2n) is 7.22. The zero-order valence-electron chi connectivity index (χ0n) is 15.3. The van der Waals surface area contributed by atoms with Crippen LogP contribution in [0.3, 0.4) is 0 Å². The maximum absolute atomic E-state index is 13.0. The number of pyridine rings is 1. The van der Waals surface area contributed by atoms with E-state index in [4.69, 9.17) is 0 Å². The lowest BCUT2D eigenvalue weighted by molar-refractivity contribution is -0.159. The largest absolute Gasteiger partial charge is 0.471 e. The maximum atomic E-state index is 13.0. The molecule has 10 heteroatoms. The van der Waals surface area contributed by atoms with Crippen LogP contribution in [0, 0.1) is 5.92 Å². The molecule has 2 aromatic rings. The summed E-state index contributed by atoms with van der Waals surface area (Å²) in [7, 11) is 0. The number of hydrogen-bond donors (Lipinski definition) is 1. The summed E-state index contributed by atoms with van der Waals surface area (Å²) in [4.78, 5) is 24.7. The summed E-state index contributed by atoms with van der Waals surface area (Å²) in [5.74, 6) is -1.72. The number of hydrogen-bond acceptors (Lipinski definition) is 6. The molecule has 1 N–H and O–H groups in total. The van der Waals surface area contributed by atoms with Gasteiger partial charge < -0.3 is 9.84 Å². The van der Waals surface area contributed by atoms with Crippen LogP contribution in [0.5, 0.6) is 0 Å². The molecule has 0 saturated heterocycles. The Morgan fingerprint density at radius 1 is 1.31 bits per heavy atom. The number of amides is 1. The molecule has 29 heavy (non-hydrogen) atoms. The predicted octanol–water partition coefficient (Wildman–Crippen LogP) is 3.39. The monoisotopic (exact) mass is 405 g/mol. The van der Waals surface area contributed by atoms with Crippen molar-refractivity contribution in [1.82, 2.24) is 20.4 Å². The van der Waals surface area contributed by atoms with Crippen molar-refractivity contribution in [3.63, 3.8) is 0 Å². The topological polar surface area (TPSA) is 93.3 Å². The Balaban J connectivity index is 1.66. The first-order valence-electron chi connectivity index (χ1n) is 9.24. The van der Waals surface area contributed by atoms with Gasteiger partial charge in [-0.3, -0.25) is 14.8 Å². The van der Waals surface area contributed by atoms with E-state index in [1.54, 1.807) is 24.4 Å². The number of carbonyl (C=O) groups excluding carboxylic acids is 1. The third kappa shape index (κ3) is 4.06. The van der Waals surface area contributed by atoms with Crippen molar-refractivity contribution < 1.29 is 22.5 Å². The summed E-state index contributed by atoms with van der Waals surface area (Å²) in [6, 6.07) is 5.25. The van der Waals surface area contributed by atoms with Gasteiger partial charge in [0.1, 0.15) is 5.54 Å². The van der Waals surface area contributed by atoms with Gasteiger partial charge in [-0.25, -0.2) is 0 Å². The van der Waals surface area contributed by atoms with Gasteiger partial charge in [-0.05, 0) is 37.0 Å². The smallest absolute Gasteiger partial charge is 0.339 e. The Morgan fingerprint density at radius 2 is 2.14 bits per heavy atom. The molecule has 1 unspecified atom stereocenters. The van der Waals surface area contributed by atoms with Gasteiger partial charge in [0.15, 0.2) is 0 Å². The second kappa shape index (κ2) is 7.41. The molecule has 4 rings (SSSR count). The summed E-state index contributed by atoms with van der Waals surface area (Å²) in [5, 5.41) is 6.35. The summed E-state index contributed by atoms with van der Waals surface area (Å²) in [6.45, 7) is 0. The van der Waals surface area contributed by atoms with E-state index in [1.807, 2.05) is 0 Å². The van der Waals surface area contributed by atoms with Crippen molar-refractivity contribution in [2.24, 2.45) is 10.9 Å². The van der Waals surface area contributed by atoms with Gasteiger partial charge >= 0.3 is 12.1 Å². The highest BCUT2D eigenvalue weighted by Crippen LogP contribution is 2.35. The number of carbonyl (C=O) groups is 1. The molecule has 1 aliphatic carbocycles. The van der Waals surface area contributed by atoms with E-state index >= 15 is 0 Å². The molecule has 0 radical (unpaired) electrons. The average molecular weight is 405 g/mol. The first-order valence-corrected chi connectivity index (χ1v) is 9.24. The van der Waals surface area contributed by atoms with Crippen LogP contribution in [0.1, 0.15) is 49.5 Å². The number of aliphatic imine (C=N–C) groups is 1. The standard InChI is InChI=1S/C19H18F3N5O2/c20-19(21,22)17-25-16(27-29-17)18(26-15(28)10-12-4-3-5-12)7-9-24-14(11-18)13-6-1-2-8-23-13/h1-2,6-9,12H,3-5,10-11H2,(H,26,28). The van der Waals surface area contributed by atoms with Gasteiger partial charge in [0, 0.05) is 25.2 Å². The summed E-state index contributed by atoms with van der Waals surface area (Å²) in [5.41, 5.74) is -0.355. The van der Waals surface area contributed by atoms with Crippen molar-refractivity contribution in [1.29, 1.82) is 0 Å². The number of alkyl halides is 3. The molecule has 2 aromatic heterocycles. The fraction of sp³-hybridized carbons (Fsp3) is 0.421. The van der Waals surface area contributed by atoms with Crippen LogP contribution in [-0.2, 0) is 16.5 Å². The molecule has 3 heterocycles. The van der Waals surface area contributed by atoms with Crippen LogP contribution in [-0.4, -0.2) is 26.7 Å². The molecule has 1 aliphatic heterocycles. The van der Waals surface area contributed by atoms with Crippen LogP contribution in [0.25, 0.3) is 0 Å². The van der Waals surface area contributed by atoms with Crippen molar-refractivity contribution in [2.45, 2.75) is 43.8 Å². The maximum Gasteiger partial charge on any atom is 0.471 e. The third-order valence-corrected chi connectivity index (χ3v) is 5.13. The zero-order valence-corrected chi connectivity index (χ0v) is 15.3. The minimum absolute atomic E-state index is 0.0494. The van der Waals surface area contributed by atoms with Gasteiger partial charge in [0.25, 0.3) is 0 Å². The zero-order chi connectivity index (χ0) is 20.5. The molecular formula is C19H18F3N5O2. The minimum Gasteiger partial charge on any atom is -0.339 e. The molecule has 7 nitrogen and oxygen atoms in total. The Morgan fingerprint density at radius 3 is 2.76 bits per heavy atom. The van der Waals surface area contributed by atoms with Crippen molar-refractivity contribution in [3.8, 4) is 0 Å². The highest BCUT2D eigenvalue weighted by molar-refractivity contribution is 6.01.